The molecule has 7 heteroatoms. The molecule has 0 saturated carbocycles. The summed E-state index contributed by atoms with van der Waals surface area (Å²) < 4.78 is 5.67. The molecule has 0 unspecified atom stereocenters. The quantitative estimate of drug-likeness (QED) is 0.518. The Morgan fingerprint density at radius 2 is 1.96 bits per heavy atom. The van der Waals surface area contributed by atoms with E-state index in [2.05, 4.69) is 6.07 Å². The monoisotopic (exact) mass is 377 g/mol. The molecule has 1 heterocycles. The van der Waals surface area contributed by atoms with E-state index in [0.717, 1.165) is 16.3 Å². The van der Waals surface area contributed by atoms with Gasteiger partial charge in [0, 0.05) is 11.6 Å². The molecular weight excluding hydrogens is 366 g/mol. The van der Waals surface area contributed by atoms with Crippen molar-refractivity contribution in [2.24, 2.45) is 5.73 Å². The number of nitro groups is 1. The number of ether oxygens (including phenoxy) is 1. The van der Waals surface area contributed by atoms with E-state index in [1.807, 2.05) is 30.3 Å². The van der Waals surface area contributed by atoms with Gasteiger partial charge in [0.05, 0.1) is 10.8 Å². The SMILES string of the molecule is N#CC1=C(N)Oc2ccc3ccccc3c2[C@@H]1c1ccc(Cl)c([N+](=O)[O-])c1. The fraction of sp³-hybridized carbons (Fsp3) is 0.0500. The molecule has 0 bridgehead atoms. The van der Waals surface area contributed by atoms with Crippen LogP contribution in [0.25, 0.3) is 10.8 Å². The van der Waals surface area contributed by atoms with Gasteiger partial charge in [0.25, 0.3) is 5.69 Å². The van der Waals surface area contributed by atoms with Crippen molar-refractivity contribution < 1.29 is 9.66 Å². The lowest BCUT2D eigenvalue weighted by molar-refractivity contribution is -0.384. The minimum Gasteiger partial charge on any atom is -0.440 e. The van der Waals surface area contributed by atoms with E-state index in [1.165, 1.54) is 12.1 Å². The molecule has 0 saturated heterocycles. The smallest absolute Gasteiger partial charge is 0.288 e. The van der Waals surface area contributed by atoms with Gasteiger partial charge in [-0.2, -0.15) is 5.26 Å². The Morgan fingerprint density at radius 3 is 2.70 bits per heavy atom. The molecule has 6 nitrogen and oxygen atoms in total. The van der Waals surface area contributed by atoms with Crippen molar-refractivity contribution in [2.45, 2.75) is 5.92 Å². The van der Waals surface area contributed by atoms with Crippen molar-refractivity contribution >= 4 is 28.1 Å². The van der Waals surface area contributed by atoms with E-state index in [9.17, 15) is 15.4 Å². The zero-order valence-electron chi connectivity index (χ0n) is 13.8. The molecular formula is C20H12ClN3O3. The summed E-state index contributed by atoms with van der Waals surface area (Å²) in [7, 11) is 0. The van der Waals surface area contributed by atoms with E-state index in [4.69, 9.17) is 22.1 Å². The lowest BCUT2D eigenvalue weighted by Gasteiger charge is -2.27. The summed E-state index contributed by atoms with van der Waals surface area (Å²) in [4.78, 5) is 10.8. The van der Waals surface area contributed by atoms with Crippen LogP contribution in [-0.4, -0.2) is 4.92 Å². The zero-order chi connectivity index (χ0) is 19.1. The van der Waals surface area contributed by atoms with Crippen LogP contribution >= 0.6 is 11.6 Å². The second-order valence-corrected chi connectivity index (χ2v) is 6.50. The molecule has 1 aliphatic rings. The summed E-state index contributed by atoms with van der Waals surface area (Å²) in [5.41, 5.74) is 7.25. The van der Waals surface area contributed by atoms with E-state index in [1.54, 1.807) is 12.1 Å². The minimum absolute atomic E-state index is 0.0112. The molecule has 0 spiro atoms. The highest BCUT2D eigenvalue weighted by Gasteiger charge is 2.33. The summed E-state index contributed by atoms with van der Waals surface area (Å²) in [5, 5.41) is 22.9. The van der Waals surface area contributed by atoms with Crippen molar-refractivity contribution in [1.29, 1.82) is 5.26 Å². The molecule has 3 aromatic carbocycles. The van der Waals surface area contributed by atoms with Crippen molar-refractivity contribution in [1.82, 2.24) is 0 Å². The number of nitro benzene ring substituents is 1. The summed E-state index contributed by atoms with van der Waals surface area (Å²) in [5.74, 6) is -0.0866. The molecule has 27 heavy (non-hydrogen) atoms. The minimum atomic E-state index is -0.596. The normalized spacial score (nSPS) is 15.8. The van der Waals surface area contributed by atoms with Crippen LogP contribution in [0, 0.1) is 21.4 Å². The topological polar surface area (TPSA) is 102 Å². The van der Waals surface area contributed by atoms with Crippen molar-refractivity contribution in [3.05, 3.63) is 92.3 Å². The second kappa shape index (κ2) is 6.31. The zero-order valence-corrected chi connectivity index (χ0v) is 14.6. The number of nitrogens with zero attached hydrogens (tertiary/aromatic N) is 2. The second-order valence-electron chi connectivity index (χ2n) is 6.09. The predicted octanol–water partition coefficient (Wildman–Crippen LogP) is 4.62. The largest absolute Gasteiger partial charge is 0.440 e. The highest BCUT2D eigenvalue weighted by molar-refractivity contribution is 6.32. The summed E-state index contributed by atoms with van der Waals surface area (Å²) in [6, 6.07) is 18.0. The number of nitriles is 1. The molecule has 0 aromatic heterocycles. The first-order valence-electron chi connectivity index (χ1n) is 8.04. The molecule has 132 valence electrons. The number of rotatable bonds is 2. The van der Waals surface area contributed by atoms with Crippen LogP contribution in [-0.2, 0) is 0 Å². The van der Waals surface area contributed by atoms with Crippen LogP contribution in [0.15, 0.2) is 66.1 Å². The van der Waals surface area contributed by atoms with E-state index in [-0.39, 0.29) is 22.2 Å². The highest BCUT2D eigenvalue weighted by atomic mass is 35.5. The number of allylic oxidation sites excluding steroid dienone is 1. The van der Waals surface area contributed by atoms with Crippen LogP contribution < -0.4 is 10.5 Å². The molecule has 0 amide bonds. The Balaban J connectivity index is 2.05. The van der Waals surface area contributed by atoms with Crippen LogP contribution in [0.5, 0.6) is 5.75 Å². The Morgan fingerprint density at radius 1 is 1.19 bits per heavy atom. The predicted molar refractivity (Wildman–Crippen MR) is 101 cm³/mol. The lowest BCUT2D eigenvalue weighted by Crippen LogP contribution is -2.21. The maximum absolute atomic E-state index is 11.3. The van der Waals surface area contributed by atoms with Crippen molar-refractivity contribution in [3.8, 4) is 11.8 Å². The Hall–Kier alpha value is -3.56. The average Bonchev–Trinajstić information content (AvgIpc) is 2.67. The van der Waals surface area contributed by atoms with E-state index in [0.29, 0.717) is 11.3 Å². The van der Waals surface area contributed by atoms with Gasteiger partial charge >= 0.3 is 0 Å². The van der Waals surface area contributed by atoms with Crippen molar-refractivity contribution in [2.75, 3.05) is 0 Å². The van der Waals surface area contributed by atoms with Crippen LogP contribution in [0.3, 0.4) is 0 Å². The van der Waals surface area contributed by atoms with Gasteiger partial charge < -0.3 is 10.5 Å². The molecule has 4 rings (SSSR count). The van der Waals surface area contributed by atoms with Gasteiger partial charge in [-0.05, 0) is 28.5 Å². The number of hydrogen-bond donors (Lipinski definition) is 1. The van der Waals surface area contributed by atoms with Crippen LogP contribution in [0.2, 0.25) is 5.02 Å². The van der Waals surface area contributed by atoms with Crippen molar-refractivity contribution in [3.63, 3.8) is 0 Å². The first kappa shape index (κ1) is 16.9. The highest BCUT2D eigenvalue weighted by Crippen LogP contribution is 2.46. The molecule has 3 aromatic rings. The van der Waals surface area contributed by atoms with Crippen LogP contribution in [0.4, 0.5) is 5.69 Å². The molecule has 1 atom stereocenters. The first-order chi connectivity index (χ1) is 13.0. The molecule has 2 N–H and O–H groups in total. The van der Waals surface area contributed by atoms with Gasteiger partial charge in [0.15, 0.2) is 0 Å². The van der Waals surface area contributed by atoms with Gasteiger partial charge in [0.2, 0.25) is 5.88 Å². The number of fused-ring (bicyclic) bond motifs is 3. The van der Waals surface area contributed by atoms with Gasteiger partial charge in [-0.3, -0.25) is 10.1 Å². The van der Waals surface area contributed by atoms with E-state index < -0.39 is 10.8 Å². The standard InChI is InChI=1S/C20H12ClN3O3/c21-15-7-5-12(9-16(15)24(25)26)18-14(10-22)20(23)27-17-8-6-11-3-1-2-4-13(11)19(17)18/h1-9,18H,23H2/t18-/m1/s1. The van der Waals surface area contributed by atoms with Gasteiger partial charge in [-0.1, -0.05) is 48.0 Å². The maximum Gasteiger partial charge on any atom is 0.288 e. The molecule has 0 radical (unpaired) electrons. The molecule has 0 aliphatic carbocycles. The number of hydrogen-bond acceptors (Lipinski definition) is 5. The third kappa shape index (κ3) is 2.65. The van der Waals surface area contributed by atoms with Gasteiger partial charge in [-0.15, -0.1) is 0 Å². The molecule has 1 aliphatic heterocycles. The number of nitrogens with two attached hydrogens (primary N) is 1. The third-order valence-electron chi connectivity index (χ3n) is 4.61. The maximum atomic E-state index is 11.3. The van der Waals surface area contributed by atoms with E-state index >= 15 is 0 Å². The summed E-state index contributed by atoms with van der Waals surface area (Å²) >= 11 is 5.96. The fourth-order valence-electron chi connectivity index (χ4n) is 3.42. The van der Waals surface area contributed by atoms with Crippen LogP contribution in [0.1, 0.15) is 17.0 Å². The average molecular weight is 378 g/mol. The first-order valence-corrected chi connectivity index (χ1v) is 8.42. The fourth-order valence-corrected chi connectivity index (χ4v) is 3.61. The Bertz CT molecular complexity index is 1180. The van der Waals surface area contributed by atoms with Gasteiger partial charge in [0.1, 0.15) is 22.4 Å². The molecule has 0 fully saturated rings. The summed E-state index contributed by atoms with van der Waals surface area (Å²) in [6.07, 6.45) is 0. The Labute approximate surface area is 159 Å². The number of benzene rings is 3. The summed E-state index contributed by atoms with van der Waals surface area (Å²) in [6.45, 7) is 0. The Kier molecular flexibility index (Phi) is 3.94. The van der Waals surface area contributed by atoms with Gasteiger partial charge in [-0.25, -0.2) is 0 Å². The third-order valence-corrected chi connectivity index (χ3v) is 4.93. The lowest BCUT2D eigenvalue weighted by atomic mass is 9.81. The number of halogens is 1.